The first-order valence-corrected chi connectivity index (χ1v) is 10.9. The Labute approximate surface area is 178 Å². The van der Waals surface area contributed by atoms with Crippen molar-refractivity contribution in [1.29, 1.82) is 0 Å². The molecule has 1 saturated carbocycles. The van der Waals surface area contributed by atoms with Crippen LogP contribution in [0.5, 0.6) is 5.75 Å². The Bertz CT molecular complexity index is 740. The van der Waals surface area contributed by atoms with Crippen LogP contribution in [0.2, 0.25) is 0 Å². The largest absolute Gasteiger partial charge is 0.493 e. The van der Waals surface area contributed by atoms with Gasteiger partial charge in [0.05, 0.1) is 13.0 Å². The van der Waals surface area contributed by atoms with Crippen molar-refractivity contribution in [2.24, 2.45) is 5.92 Å². The first-order valence-electron chi connectivity index (χ1n) is 10.9. The first-order chi connectivity index (χ1) is 14.4. The molecule has 2 amide bonds. The van der Waals surface area contributed by atoms with Crippen molar-refractivity contribution in [2.75, 3.05) is 19.7 Å². The van der Waals surface area contributed by atoms with Gasteiger partial charge in [-0.05, 0) is 55.9 Å². The Hall–Kier alpha value is -2.57. The normalized spacial score (nSPS) is 20.0. The summed E-state index contributed by atoms with van der Waals surface area (Å²) >= 11 is 0. The van der Waals surface area contributed by atoms with E-state index in [1.807, 2.05) is 0 Å². The van der Waals surface area contributed by atoms with E-state index in [0.29, 0.717) is 36.9 Å². The van der Waals surface area contributed by atoms with Crippen molar-refractivity contribution in [3.8, 4) is 5.75 Å². The summed E-state index contributed by atoms with van der Waals surface area (Å²) < 4.78 is 11.2. The van der Waals surface area contributed by atoms with Crippen LogP contribution in [0.15, 0.2) is 24.3 Å². The molecule has 0 unspecified atom stereocenters. The first kappa shape index (κ1) is 22.1. The van der Waals surface area contributed by atoms with Gasteiger partial charge in [-0.3, -0.25) is 14.4 Å². The fourth-order valence-electron chi connectivity index (χ4n) is 3.86. The van der Waals surface area contributed by atoms with Crippen molar-refractivity contribution in [1.82, 2.24) is 10.2 Å². The lowest BCUT2D eigenvalue weighted by Gasteiger charge is -2.35. The quantitative estimate of drug-likeness (QED) is 0.691. The Kier molecular flexibility index (Phi) is 7.71. The second-order valence-electron chi connectivity index (χ2n) is 8.49. The van der Waals surface area contributed by atoms with Gasteiger partial charge in [0.2, 0.25) is 5.91 Å². The van der Waals surface area contributed by atoms with Crippen LogP contribution in [0.3, 0.4) is 0 Å². The van der Waals surface area contributed by atoms with Crippen molar-refractivity contribution >= 4 is 17.8 Å². The fraction of sp³-hybridized carbons (Fsp3) is 0.609. The maximum Gasteiger partial charge on any atom is 0.308 e. The summed E-state index contributed by atoms with van der Waals surface area (Å²) in [4.78, 5) is 39.4. The molecule has 164 valence electrons. The summed E-state index contributed by atoms with van der Waals surface area (Å²) in [7, 11) is 0. The molecule has 0 radical (unpaired) electrons. The van der Waals surface area contributed by atoms with E-state index in [0.717, 1.165) is 25.7 Å². The molecule has 7 heteroatoms. The van der Waals surface area contributed by atoms with Gasteiger partial charge in [0.25, 0.3) is 5.91 Å². The number of hydrogen-bond acceptors (Lipinski definition) is 5. The van der Waals surface area contributed by atoms with E-state index in [2.05, 4.69) is 19.2 Å². The number of nitrogens with one attached hydrogen (secondary N) is 1. The van der Waals surface area contributed by atoms with Crippen LogP contribution in [0.1, 0.15) is 62.7 Å². The smallest absolute Gasteiger partial charge is 0.308 e. The second-order valence-corrected chi connectivity index (χ2v) is 8.49. The topological polar surface area (TPSA) is 84.9 Å². The van der Waals surface area contributed by atoms with Gasteiger partial charge in [0.1, 0.15) is 17.9 Å². The summed E-state index contributed by atoms with van der Waals surface area (Å²) in [5.74, 6) is 0.110. The standard InChI is InChI=1S/C23H32N2O5/c1-16(2)15-29-18-10-8-17(9-11-18)23(28)25-13-12-24-22(27)20(25)14-21(26)30-19-6-4-3-5-7-19/h8-11,16,19-20H,3-7,12-15H2,1-2H3,(H,24,27)/t20-/m1/s1. The van der Waals surface area contributed by atoms with Crippen molar-refractivity contribution < 1.29 is 23.9 Å². The van der Waals surface area contributed by atoms with E-state index in [9.17, 15) is 14.4 Å². The minimum absolute atomic E-state index is 0.0690. The fourth-order valence-corrected chi connectivity index (χ4v) is 3.86. The number of nitrogens with zero attached hydrogens (tertiary/aromatic N) is 1. The second kappa shape index (κ2) is 10.5. The predicted molar refractivity (Wildman–Crippen MR) is 112 cm³/mol. The van der Waals surface area contributed by atoms with Crippen LogP contribution >= 0.6 is 0 Å². The highest BCUT2D eigenvalue weighted by Crippen LogP contribution is 2.22. The van der Waals surface area contributed by atoms with E-state index in [1.54, 1.807) is 24.3 Å². The van der Waals surface area contributed by atoms with Crippen LogP contribution in [-0.2, 0) is 14.3 Å². The molecule has 2 aliphatic rings. The zero-order chi connectivity index (χ0) is 21.5. The molecule has 1 N–H and O–H groups in total. The molecule has 1 heterocycles. The highest BCUT2D eigenvalue weighted by molar-refractivity contribution is 5.99. The summed E-state index contributed by atoms with van der Waals surface area (Å²) in [5, 5.41) is 2.75. The number of ether oxygens (including phenoxy) is 2. The van der Waals surface area contributed by atoms with Crippen LogP contribution in [0, 0.1) is 5.92 Å². The van der Waals surface area contributed by atoms with Gasteiger partial charge in [0, 0.05) is 18.7 Å². The summed E-state index contributed by atoms with van der Waals surface area (Å²) in [6.07, 6.45) is 4.84. The highest BCUT2D eigenvalue weighted by Gasteiger charge is 2.36. The molecule has 2 fully saturated rings. The van der Waals surface area contributed by atoms with Gasteiger partial charge >= 0.3 is 5.97 Å². The van der Waals surface area contributed by atoms with Gasteiger partial charge in [-0.1, -0.05) is 20.3 Å². The summed E-state index contributed by atoms with van der Waals surface area (Å²) in [6, 6.07) is 6.06. The molecule has 1 atom stereocenters. The van der Waals surface area contributed by atoms with Gasteiger partial charge in [-0.25, -0.2) is 0 Å². The molecule has 3 rings (SSSR count). The molecule has 1 aliphatic heterocycles. The van der Waals surface area contributed by atoms with E-state index in [4.69, 9.17) is 9.47 Å². The third kappa shape index (κ3) is 5.97. The summed E-state index contributed by atoms with van der Waals surface area (Å²) in [6.45, 7) is 5.47. The molecular formula is C23H32N2O5. The molecule has 1 aliphatic carbocycles. The van der Waals surface area contributed by atoms with Crippen LogP contribution in [0.25, 0.3) is 0 Å². The Morgan fingerprint density at radius 2 is 1.83 bits per heavy atom. The van der Waals surface area contributed by atoms with E-state index < -0.39 is 12.0 Å². The van der Waals surface area contributed by atoms with Crippen LogP contribution in [-0.4, -0.2) is 54.5 Å². The van der Waals surface area contributed by atoms with Gasteiger partial charge < -0.3 is 19.7 Å². The number of esters is 1. The van der Waals surface area contributed by atoms with E-state index >= 15 is 0 Å². The lowest BCUT2D eigenvalue weighted by Crippen LogP contribution is -2.58. The Balaban J connectivity index is 1.63. The zero-order valence-electron chi connectivity index (χ0n) is 17.9. The van der Waals surface area contributed by atoms with Crippen LogP contribution in [0.4, 0.5) is 0 Å². The number of piperazine rings is 1. The Morgan fingerprint density at radius 1 is 1.13 bits per heavy atom. The minimum atomic E-state index is -0.848. The molecule has 1 saturated heterocycles. The number of benzene rings is 1. The third-order valence-electron chi connectivity index (χ3n) is 5.49. The number of carbonyl (C=O) groups is 3. The lowest BCUT2D eigenvalue weighted by molar-refractivity contribution is -0.153. The highest BCUT2D eigenvalue weighted by atomic mass is 16.5. The average molecular weight is 417 g/mol. The third-order valence-corrected chi connectivity index (χ3v) is 5.49. The maximum absolute atomic E-state index is 13.1. The van der Waals surface area contributed by atoms with Crippen LogP contribution < -0.4 is 10.1 Å². The van der Waals surface area contributed by atoms with Crippen molar-refractivity contribution in [3.05, 3.63) is 29.8 Å². The molecule has 1 aromatic rings. The molecule has 7 nitrogen and oxygen atoms in total. The SMILES string of the molecule is CC(C)COc1ccc(C(=O)N2CCNC(=O)[C@H]2CC(=O)OC2CCCCC2)cc1. The monoisotopic (exact) mass is 416 g/mol. The maximum atomic E-state index is 13.1. The molecule has 30 heavy (non-hydrogen) atoms. The lowest BCUT2D eigenvalue weighted by atomic mass is 9.98. The molecule has 0 aromatic heterocycles. The molecular weight excluding hydrogens is 384 g/mol. The number of hydrogen-bond donors (Lipinski definition) is 1. The van der Waals surface area contributed by atoms with E-state index in [-0.39, 0.29) is 24.3 Å². The predicted octanol–water partition coefficient (Wildman–Crippen LogP) is 2.93. The summed E-state index contributed by atoms with van der Waals surface area (Å²) in [5.41, 5.74) is 0.465. The minimum Gasteiger partial charge on any atom is -0.493 e. The van der Waals surface area contributed by atoms with Gasteiger partial charge in [-0.15, -0.1) is 0 Å². The van der Waals surface area contributed by atoms with Crippen molar-refractivity contribution in [2.45, 2.75) is 64.5 Å². The van der Waals surface area contributed by atoms with Gasteiger partial charge in [-0.2, -0.15) is 0 Å². The zero-order valence-corrected chi connectivity index (χ0v) is 17.9. The molecule has 1 aromatic carbocycles. The number of carbonyl (C=O) groups excluding carboxylic acids is 3. The number of amides is 2. The molecule has 0 bridgehead atoms. The van der Waals surface area contributed by atoms with Crippen molar-refractivity contribution in [3.63, 3.8) is 0 Å². The van der Waals surface area contributed by atoms with E-state index in [1.165, 1.54) is 11.3 Å². The Morgan fingerprint density at radius 3 is 2.50 bits per heavy atom. The molecule has 0 spiro atoms. The van der Waals surface area contributed by atoms with Gasteiger partial charge in [0.15, 0.2) is 0 Å². The average Bonchev–Trinajstić information content (AvgIpc) is 2.74. The number of rotatable bonds is 7.